The van der Waals surface area contributed by atoms with Crippen molar-refractivity contribution in [3.8, 4) is 22.6 Å². The van der Waals surface area contributed by atoms with E-state index in [1.165, 1.54) is 16.7 Å². The van der Waals surface area contributed by atoms with Gasteiger partial charge in [0.05, 0.1) is 6.67 Å². The van der Waals surface area contributed by atoms with Crippen LogP contribution < -0.4 is 4.74 Å². The fourth-order valence-corrected chi connectivity index (χ4v) is 6.80. The third kappa shape index (κ3) is 6.22. The first kappa shape index (κ1) is 28.8. The van der Waals surface area contributed by atoms with Gasteiger partial charge in [0.25, 0.3) is 0 Å². The van der Waals surface area contributed by atoms with Crippen LogP contribution in [-0.4, -0.2) is 42.4 Å². The first-order valence-corrected chi connectivity index (χ1v) is 15.4. The van der Waals surface area contributed by atoms with Gasteiger partial charge in [-0.15, -0.1) is 0 Å². The van der Waals surface area contributed by atoms with Crippen LogP contribution in [0.2, 0.25) is 10.0 Å². The number of aryl methyl sites for hydroxylation is 1. The van der Waals surface area contributed by atoms with Crippen molar-refractivity contribution in [1.29, 1.82) is 0 Å². The number of ether oxygens (including phenoxy) is 1. The number of rotatable bonds is 8. The molecule has 4 aromatic carbocycles. The fraction of sp³-hybridized carbons (Fsp3) is 0.278. The third-order valence-corrected chi connectivity index (χ3v) is 8.85. The van der Waals surface area contributed by atoms with E-state index in [2.05, 4.69) is 47.4 Å². The van der Waals surface area contributed by atoms with Gasteiger partial charge in [0.2, 0.25) is 0 Å². The summed E-state index contributed by atoms with van der Waals surface area (Å²) < 4.78 is 18.9. The second-order valence-electron chi connectivity index (χ2n) is 11.1. The first-order chi connectivity index (χ1) is 20.5. The maximum absolute atomic E-state index is 12.6. The molecule has 0 saturated carbocycles. The van der Waals surface area contributed by atoms with Gasteiger partial charge in [-0.05, 0) is 101 Å². The summed E-state index contributed by atoms with van der Waals surface area (Å²) in [5, 5.41) is 11.8. The predicted octanol–water partition coefficient (Wildman–Crippen LogP) is 9.47. The number of hydrogen-bond donors (Lipinski definition) is 1. The molecule has 3 nitrogen and oxygen atoms in total. The monoisotopic (exact) mass is 601 g/mol. The topological polar surface area (TPSA) is 32.7 Å². The molecule has 1 unspecified atom stereocenters. The van der Waals surface area contributed by atoms with E-state index < -0.39 is 0 Å². The number of aromatic hydroxyl groups is 1. The Kier molecular flexibility index (Phi) is 8.85. The van der Waals surface area contributed by atoms with E-state index in [4.69, 9.17) is 27.9 Å². The smallest absolute Gasteiger partial charge is 0.123 e. The van der Waals surface area contributed by atoms with Crippen molar-refractivity contribution in [2.24, 2.45) is 0 Å². The molecule has 1 atom stereocenters. The minimum atomic E-state index is -0.276. The standard InChI is InChI=1S/C36H34Cl2FNO2/c37-27-12-16-32(34(38)22-27)33-7-3-5-25-21-26(30-6-1-2-8-35(30)41)11-15-31(25)36(33)24-9-13-28(14-10-24)42-29-17-20-40(23-29)19-4-18-39/h1-2,6,8-16,21-22,29,41H,3-5,7,17-20,23H2. The van der Waals surface area contributed by atoms with Gasteiger partial charge in [0.1, 0.15) is 17.6 Å². The predicted molar refractivity (Wildman–Crippen MR) is 171 cm³/mol. The van der Waals surface area contributed by atoms with Crippen LogP contribution in [0.3, 0.4) is 0 Å². The lowest BCUT2D eigenvalue weighted by molar-refractivity contribution is 0.198. The highest BCUT2D eigenvalue weighted by molar-refractivity contribution is 6.36. The Morgan fingerprint density at radius 2 is 1.64 bits per heavy atom. The van der Waals surface area contributed by atoms with Crippen LogP contribution in [0, 0.1) is 0 Å². The normalized spacial score (nSPS) is 17.3. The highest BCUT2D eigenvalue weighted by Crippen LogP contribution is 2.44. The van der Waals surface area contributed by atoms with Crippen LogP contribution in [0.15, 0.2) is 84.9 Å². The fourth-order valence-electron chi connectivity index (χ4n) is 6.28. The molecular weight excluding hydrogens is 568 g/mol. The first-order valence-electron chi connectivity index (χ1n) is 14.7. The van der Waals surface area contributed by atoms with Crippen LogP contribution in [0.25, 0.3) is 22.3 Å². The van der Waals surface area contributed by atoms with Crippen LogP contribution in [-0.2, 0) is 6.42 Å². The Morgan fingerprint density at radius 1 is 0.857 bits per heavy atom. The molecule has 1 saturated heterocycles. The Balaban J connectivity index is 1.38. The number of para-hydroxylation sites is 1. The molecule has 6 heteroatoms. The molecule has 0 bridgehead atoms. The summed E-state index contributed by atoms with van der Waals surface area (Å²) in [6, 6.07) is 28.0. The number of fused-ring (bicyclic) bond motifs is 1. The van der Waals surface area contributed by atoms with Gasteiger partial charge in [-0.1, -0.05) is 77.8 Å². The van der Waals surface area contributed by atoms with Gasteiger partial charge >= 0.3 is 0 Å². The van der Waals surface area contributed by atoms with Crippen LogP contribution in [0.1, 0.15) is 47.9 Å². The summed E-state index contributed by atoms with van der Waals surface area (Å²) in [4.78, 5) is 2.28. The minimum Gasteiger partial charge on any atom is -0.507 e. The Labute approximate surface area is 257 Å². The molecule has 0 aromatic heterocycles. The van der Waals surface area contributed by atoms with Crippen molar-refractivity contribution in [2.75, 3.05) is 26.3 Å². The maximum atomic E-state index is 12.6. The van der Waals surface area contributed by atoms with E-state index in [1.54, 1.807) is 6.07 Å². The molecule has 1 fully saturated rings. The van der Waals surface area contributed by atoms with Crippen molar-refractivity contribution in [2.45, 2.75) is 38.2 Å². The molecule has 4 aromatic rings. The van der Waals surface area contributed by atoms with E-state index in [0.29, 0.717) is 16.5 Å². The van der Waals surface area contributed by atoms with E-state index in [0.717, 1.165) is 78.9 Å². The lowest BCUT2D eigenvalue weighted by atomic mass is 9.86. The van der Waals surface area contributed by atoms with Gasteiger partial charge in [-0.3, -0.25) is 9.29 Å². The van der Waals surface area contributed by atoms with Gasteiger partial charge in [-0.25, -0.2) is 0 Å². The summed E-state index contributed by atoms with van der Waals surface area (Å²) in [7, 11) is 0. The van der Waals surface area contributed by atoms with Gasteiger partial charge in [-0.2, -0.15) is 0 Å². The van der Waals surface area contributed by atoms with Crippen molar-refractivity contribution < 1.29 is 14.2 Å². The zero-order valence-electron chi connectivity index (χ0n) is 23.5. The quantitative estimate of drug-likeness (QED) is 0.218. The second kappa shape index (κ2) is 12.9. The lowest BCUT2D eigenvalue weighted by Gasteiger charge is -2.19. The van der Waals surface area contributed by atoms with Gasteiger partial charge in [0, 0.05) is 35.2 Å². The largest absolute Gasteiger partial charge is 0.507 e. The summed E-state index contributed by atoms with van der Waals surface area (Å²) in [6.07, 6.45) is 4.39. The van der Waals surface area contributed by atoms with Crippen molar-refractivity contribution in [3.63, 3.8) is 0 Å². The minimum absolute atomic E-state index is 0.115. The summed E-state index contributed by atoms with van der Waals surface area (Å²) in [6.45, 7) is 2.28. The van der Waals surface area contributed by atoms with Gasteiger partial charge in [0.15, 0.2) is 0 Å². The molecule has 0 radical (unpaired) electrons. The number of alkyl halides is 1. The number of halogens is 3. The Hall–Kier alpha value is -3.31. The van der Waals surface area contributed by atoms with E-state index in [9.17, 15) is 9.50 Å². The molecule has 2 aliphatic rings. The molecule has 0 amide bonds. The highest BCUT2D eigenvalue weighted by atomic mass is 35.5. The molecule has 216 valence electrons. The highest BCUT2D eigenvalue weighted by Gasteiger charge is 2.25. The molecule has 1 heterocycles. The summed E-state index contributed by atoms with van der Waals surface area (Å²) in [5.41, 5.74) is 8.67. The average Bonchev–Trinajstić information content (AvgIpc) is 3.35. The SMILES string of the molecule is Oc1ccccc1-c1ccc2c(c1)CCCC(c1ccc(Cl)cc1Cl)=C2c1ccc(OC2CCN(CCCF)C2)cc1. The lowest BCUT2D eigenvalue weighted by Crippen LogP contribution is -2.26. The zero-order chi connectivity index (χ0) is 29.1. The molecule has 1 N–H and O–H groups in total. The maximum Gasteiger partial charge on any atom is 0.123 e. The molecule has 1 aliphatic heterocycles. The van der Waals surface area contributed by atoms with Gasteiger partial charge < -0.3 is 9.84 Å². The third-order valence-electron chi connectivity index (χ3n) is 8.30. The number of nitrogens with zero attached hydrogens (tertiary/aromatic N) is 1. The number of hydrogen-bond acceptors (Lipinski definition) is 3. The number of phenolic OH excluding ortho intramolecular Hbond substituents is 1. The molecular formula is C36H34Cl2FNO2. The van der Waals surface area contributed by atoms with E-state index in [1.807, 2.05) is 36.4 Å². The zero-order valence-corrected chi connectivity index (χ0v) is 25.0. The Morgan fingerprint density at radius 3 is 2.43 bits per heavy atom. The average molecular weight is 603 g/mol. The van der Waals surface area contributed by atoms with Crippen LogP contribution in [0.4, 0.5) is 4.39 Å². The number of phenols is 1. The second-order valence-corrected chi connectivity index (χ2v) is 12.0. The molecule has 1 aliphatic carbocycles. The van der Waals surface area contributed by atoms with E-state index >= 15 is 0 Å². The number of likely N-dealkylation sites (tertiary alicyclic amines) is 1. The molecule has 0 spiro atoms. The van der Waals surface area contributed by atoms with Crippen LogP contribution in [0.5, 0.6) is 11.5 Å². The summed E-state index contributed by atoms with van der Waals surface area (Å²) in [5.74, 6) is 1.12. The van der Waals surface area contributed by atoms with Crippen LogP contribution >= 0.6 is 23.2 Å². The van der Waals surface area contributed by atoms with Crippen molar-refractivity contribution in [3.05, 3.63) is 117 Å². The summed E-state index contributed by atoms with van der Waals surface area (Å²) >= 11 is 13.1. The number of benzene rings is 4. The Bertz CT molecular complexity index is 1600. The van der Waals surface area contributed by atoms with E-state index in [-0.39, 0.29) is 18.5 Å². The number of allylic oxidation sites excluding steroid dienone is 1. The van der Waals surface area contributed by atoms with Crippen molar-refractivity contribution >= 4 is 34.3 Å². The van der Waals surface area contributed by atoms with Crippen molar-refractivity contribution in [1.82, 2.24) is 4.90 Å². The molecule has 42 heavy (non-hydrogen) atoms. The molecule has 6 rings (SSSR count).